The van der Waals surface area contributed by atoms with Crippen LogP contribution >= 0.6 is 0 Å². The minimum atomic E-state index is -0.316. The molecule has 0 aromatic heterocycles. The minimum Gasteiger partial charge on any atom is -0.508 e. The van der Waals surface area contributed by atoms with Gasteiger partial charge in [-0.3, -0.25) is 0 Å². The molecule has 0 fully saturated rings. The zero-order valence-corrected chi connectivity index (χ0v) is 11.3. The van der Waals surface area contributed by atoms with Crippen LogP contribution in [0.1, 0.15) is 11.1 Å². The maximum Gasteiger partial charge on any atom is 0.319 e. The quantitative estimate of drug-likeness (QED) is 0.805. The van der Waals surface area contributed by atoms with E-state index in [9.17, 15) is 9.90 Å². The van der Waals surface area contributed by atoms with Gasteiger partial charge in [-0.05, 0) is 42.3 Å². The Morgan fingerprint density at radius 2 is 1.95 bits per heavy atom. The fraction of sp³-hybridized carbons (Fsp3) is 0.125. The van der Waals surface area contributed by atoms with Crippen LogP contribution in [0.15, 0.2) is 48.5 Å². The van der Waals surface area contributed by atoms with Crippen LogP contribution in [0.25, 0.3) is 0 Å². The lowest BCUT2D eigenvalue weighted by Gasteiger charge is -2.08. The van der Waals surface area contributed by atoms with E-state index in [0.29, 0.717) is 24.2 Å². The van der Waals surface area contributed by atoms with Crippen molar-refractivity contribution >= 4 is 11.7 Å². The first-order valence-corrected chi connectivity index (χ1v) is 6.50. The Morgan fingerprint density at radius 1 is 1.19 bits per heavy atom. The summed E-state index contributed by atoms with van der Waals surface area (Å²) in [6.45, 7) is 0.481. The largest absolute Gasteiger partial charge is 0.508 e. The molecule has 0 bridgehead atoms. The Morgan fingerprint density at radius 3 is 2.67 bits per heavy atom. The first kappa shape index (κ1) is 14.4. The molecule has 0 aliphatic heterocycles. The molecule has 2 aromatic rings. The molecule has 0 spiro atoms. The first-order valence-electron chi connectivity index (χ1n) is 6.50. The smallest absolute Gasteiger partial charge is 0.319 e. The molecule has 0 atom stereocenters. The number of hydrogen-bond acceptors (Lipinski definition) is 3. The maximum absolute atomic E-state index is 11.7. The predicted molar refractivity (Wildman–Crippen MR) is 80.0 cm³/mol. The lowest BCUT2D eigenvalue weighted by atomic mass is 10.1. The number of hydrogen-bond donors (Lipinski definition) is 3. The summed E-state index contributed by atoms with van der Waals surface area (Å²) in [5, 5.41) is 23.4. The van der Waals surface area contributed by atoms with Crippen molar-refractivity contribution < 1.29 is 9.90 Å². The van der Waals surface area contributed by atoms with Crippen molar-refractivity contribution in [1.82, 2.24) is 5.32 Å². The molecule has 0 unspecified atom stereocenters. The number of carbonyl (C=O) groups excluding carboxylic acids is 1. The summed E-state index contributed by atoms with van der Waals surface area (Å²) >= 11 is 0. The number of phenolic OH excluding ortho intramolecular Hbond substituents is 1. The number of nitrogens with one attached hydrogen (secondary N) is 2. The van der Waals surface area contributed by atoms with E-state index >= 15 is 0 Å². The molecule has 0 radical (unpaired) electrons. The van der Waals surface area contributed by atoms with Gasteiger partial charge >= 0.3 is 6.03 Å². The Hall–Kier alpha value is -3.00. The van der Waals surface area contributed by atoms with Gasteiger partial charge in [0.25, 0.3) is 0 Å². The molecule has 2 amide bonds. The molecule has 0 aliphatic rings. The van der Waals surface area contributed by atoms with Crippen LogP contribution in [-0.2, 0) is 6.42 Å². The van der Waals surface area contributed by atoms with Gasteiger partial charge in [-0.2, -0.15) is 5.26 Å². The molecule has 2 rings (SSSR count). The Balaban J connectivity index is 1.79. The summed E-state index contributed by atoms with van der Waals surface area (Å²) in [7, 11) is 0. The normalized spacial score (nSPS) is 9.67. The van der Waals surface area contributed by atoms with Crippen molar-refractivity contribution in [2.45, 2.75) is 6.42 Å². The number of benzene rings is 2. The number of amides is 2. The highest BCUT2D eigenvalue weighted by atomic mass is 16.3. The molecule has 106 valence electrons. The molecule has 5 nitrogen and oxygen atoms in total. The van der Waals surface area contributed by atoms with Gasteiger partial charge in [-0.25, -0.2) is 4.79 Å². The number of rotatable bonds is 4. The molecular formula is C16H15N3O2. The van der Waals surface area contributed by atoms with E-state index in [1.54, 1.807) is 36.4 Å². The fourth-order valence-corrected chi connectivity index (χ4v) is 1.82. The summed E-state index contributed by atoms with van der Waals surface area (Å²) in [5.74, 6) is 0.224. The van der Waals surface area contributed by atoms with E-state index in [1.807, 2.05) is 18.2 Å². The highest BCUT2D eigenvalue weighted by Gasteiger charge is 2.02. The number of nitriles is 1. The first-order chi connectivity index (χ1) is 10.2. The van der Waals surface area contributed by atoms with Gasteiger partial charge in [-0.15, -0.1) is 0 Å². The monoisotopic (exact) mass is 281 g/mol. The molecule has 0 heterocycles. The van der Waals surface area contributed by atoms with E-state index in [0.717, 1.165) is 5.56 Å². The zero-order valence-electron chi connectivity index (χ0n) is 11.3. The van der Waals surface area contributed by atoms with E-state index in [2.05, 4.69) is 10.6 Å². The van der Waals surface area contributed by atoms with Crippen molar-refractivity contribution in [3.05, 3.63) is 59.7 Å². The van der Waals surface area contributed by atoms with Gasteiger partial charge < -0.3 is 15.7 Å². The standard InChI is InChI=1S/C16H15N3O2/c17-11-13-2-1-3-14(10-13)19-16(21)18-9-8-12-4-6-15(20)7-5-12/h1-7,10,20H,8-9H2,(H2,18,19,21). The predicted octanol–water partition coefficient (Wildman–Crippen LogP) is 2.63. The molecule has 5 heteroatoms. The van der Waals surface area contributed by atoms with Crippen molar-refractivity contribution in [1.29, 1.82) is 5.26 Å². The maximum atomic E-state index is 11.7. The SMILES string of the molecule is N#Cc1cccc(NC(=O)NCCc2ccc(O)cc2)c1. The number of phenols is 1. The van der Waals surface area contributed by atoms with Crippen molar-refractivity contribution in [2.75, 3.05) is 11.9 Å². The van der Waals surface area contributed by atoms with E-state index in [1.165, 1.54) is 0 Å². The lowest BCUT2D eigenvalue weighted by Crippen LogP contribution is -2.30. The van der Waals surface area contributed by atoms with Gasteiger partial charge in [-0.1, -0.05) is 18.2 Å². The van der Waals surface area contributed by atoms with Crippen LogP contribution in [0.5, 0.6) is 5.75 Å². The molecule has 0 saturated carbocycles. The Labute approximate surface area is 122 Å². The molecular weight excluding hydrogens is 266 g/mol. The van der Waals surface area contributed by atoms with E-state index < -0.39 is 0 Å². The summed E-state index contributed by atoms with van der Waals surface area (Å²) in [6.07, 6.45) is 0.673. The number of aromatic hydroxyl groups is 1. The van der Waals surface area contributed by atoms with Gasteiger partial charge in [0.15, 0.2) is 0 Å². The van der Waals surface area contributed by atoms with Gasteiger partial charge in [0.1, 0.15) is 5.75 Å². The summed E-state index contributed by atoms with van der Waals surface area (Å²) in [4.78, 5) is 11.7. The summed E-state index contributed by atoms with van der Waals surface area (Å²) < 4.78 is 0. The van der Waals surface area contributed by atoms with E-state index in [-0.39, 0.29) is 11.8 Å². The topological polar surface area (TPSA) is 85.2 Å². The van der Waals surface area contributed by atoms with Crippen LogP contribution < -0.4 is 10.6 Å². The van der Waals surface area contributed by atoms with Gasteiger partial charge in [0, 0.05) is 12.2 Å². The number of anilines is 1. The molecule has 0 aliphatic carbocycles. The molecule has 21 heavy (non-hydrogen) atoms. The van der Waals surface area contributed by atoms with Gasteiger partial charge in [0.2, 0.25) is 0 Å². The number of nitrogens with zero attached hydrogens (tertiary/aromatic N) is 1. The average molecular weight is 281 g/mol. The molecule has 2 aromatic carbocycles. The van der Waals surface area contributed by atoms with Gasteiger partial charge in [0.05, 0.1) is 11.6 Å². The third-order valence-corrected chi connectivity index (χ3v) is 2.89. The Kier molecular flexibility index (Phi) is 4.78. The highest BCUT2D eigenvalue weighted by molar-refractivity contribution is 5.89. The van der Waals surface area contributed by atoms with E-state index in [4.69, 9.17) is 5.26 Å². The number of urea groups is 1. The van der Waals surface area contributed by atoms with Crippen LogP contribution in [0, 0.1) is 11.3 Å². The third kappa shape index (κ3) is 4.55. The van der Waals surface area contributed by atoms with Crippen molar-refractivity contribution in [2.24, 2.45) is 0 Å². The van der Waals surface area contributed by atoms with Crippen LogP contribution in [-0.4, -0.2) is 17.7 Å². The molecule has 3 N–H and O–H groups in total. The Bertz CT molecular complexity index is 660. The second kappa shape index (κ2) is 6.96. The highest BCUT2D eigenvalue weighted by Crippen LogP contribution is 2.10. The number of carbonyl (C=O) groups is 1. The van der Waals surface area contributed by atoms with Crippen LogP contribution in [0.2, 0.25) is 0 Å². The second-order valence-corrected chi connectivity index (χ2v) is 4.49. The second-order valence-electron chi connectivity index (χ2n) is 4.49. The third-order valence-electron chi connectivity index (χ3n) is 2.89. The minimum absolute atomic E-state index is 0.224. The van der Waals surface area contributed by atoms with Crippen LogP contribution in [0.3, 0.4) is 0 Å². The average Bonchev–Trinajstić information content (AvgIpc) is 2.49. The summed E-state index contributed by atoms with van der Waals surface area (Å²) in [6, 6.07) is 15.3. The fourth-order valence-electron chi connectivity index (χ4n) is 1.82. The van der Waals surface area contributed by atoms with Crippen molar-refractivity contribution in [3.8, 4) is 11.8 Å². The summed E-state index contributed by atoms with van der Waals surface area (Å²) in [5.41, 5.74) is 2.10. The van der Waals surface area contributed by atoms with Crippen molar-refractivity contribution in [3.63, 3.8) is 0 Å². The zero-order chi connectivity index (χ0) is 15.1. The molecule has 0 saturated heterocycles. The van der Waals surface area contributed by atoms with Crippen LogP contribution in [0.4, 0.5) is 10.5 Å². The lowest BCUT2D eigenvalue weighted by molar-refractivity contribution is 0.252.